The maximum atomic E-state index is 12.7. The standard InChI is InChI=1S/C19H17F2N3O3/c1-2-3-12-16-13(9-22-24-18(16)25)23-17(12)10-4-7-14(27-19(20)21)15(8-10)26-11-5-6-11/h2,4,7-9,11,19,23H,1,3,5-6H2,(H,24,25). The molecule has 0 atom stereocenters. The summed E-state index contributed by atoms with van der Waals surface area (Å²) in [6.07, 6.45) is 5.46. The van der Waals surface area contributed by atoms with Gasteiger partial charge in [0.2, 0.25) is 0 Å². The highest BCUT2D eigenvalue weighted by Crippen LogP contribution is 2.39. The van der Waals surface area contributed by atoms with Crippen LogP contribution < -0.4 is 15.0 Å². The molecule has 1 aliphatic rings. The summed E-state index contributed by atoms with van der Waals surface area (Å²) in [6.45, 7) is 0.811. The van der Waals surface area contributed by atoms with Crippen LogP contribution in [0.4, 0.5) is 8.78 Å². The number of H-pyrrole nitrogens is 2. The number of halogens is 2. The summed E-state index contributed by atoms with van der Waals surface area (Å²) >= 11 is 0. The number of benzene rings is 1. The highest BCUT2D eigenvalue weighted by Gasteiger charge is 2.26. The number of aromatic amines is 2. The van der Waals surface area contributed by atoms with Crippen LogP contribution in [0.25, 0.3) is 22.2 Å². The number of alkyl halides is 2. The molecule has 0 radical (unpaired) electrons. The van der Waals surface area contributed by atoms with Crippen molar-refractivity contribution in [2.24, 2.45) is 0 Å². The van der Waals surface area contributed by atoms with Gasteiger partial charge in [-0.25, -0.2) is 5.10 Å². The lowest BCUT2D eigenvalue weighted by Crippen LogP contribution is -2.08. The third-order valence-corrected chi connectivity index (χ3v) is 4.33. The molecule has 0 aliphatic heterocycles. The molecule has 0 unspecified atom stereocenters. The maximum Gasteiger partial charge on any atom is 0.387 e. The molecule has 0 bridgehead atoms. The van der Waals surface area contributed by atoms with Gasteiger partial charge in [-0.2, -0.15) is 13.9 Å². The van der Waals surface area contributed by atoms with Crippen molar-refractivity contribution in [1.29, 1.82) is 0 Å². The van der Waals surface area contributed by atoms with Gasteiger partial charge < -0.3 is 14.5 Å². The smallest absolute Gasteiger partial charge is 0.387 e. The number of rotatable bonds is 7. The second-order valence-corrected chi connectivity index (χ2v) is 6.32. The molecule has 8 heteroatoms. The van der Waals surface area contributed by atoms with Gasteiger partial charge in [0.25, 0.3) is 5.56 Å². The van der Waals surface area contributed by atoms with Gasteiger partial charge in [-0.3, -0.25) is 4.79 Å². The van der Waals surface area contributed by atoms with Crippen LogP contribution in [0.5, 0.6) is 11.5 Å². The summed E-state index contributed by atoms with van der Waals surface area (Å²) < 4.78 is 35.7. The van der Waals surface area contributed by atoms with Gasteiger partial charge in [-0.15, -0.1) is 6.58 Å². The summed E-state index contributed by atoms with van der Waals surface area (Å²) in [5.41, 5.74) is 2.41. The highest BCUT2D eigenvalue weighted by molar-refractivity contribution is 5.90. The van der Waals surface area contributed by atoms with E-state index in [0.717, 1.165) is 18.4 Å². The van der Waals surface area contributed by atoms with E-state index in [-0.39, 0.29) is 23.2 Å². The van der Waals surface area contributed by atoms with Crippen LogP contribution >= 0.6 is 0 Å². The van der Waals surface area contributed by atoms with E-state index in [2.05, 4.69) is 26.5 Å². The molecular formula is C19H17F2N3O3. The Bertz CT molecular complexity index is 1050. The Hall–Kier alpha value is -3.16. The molecule has 0 amide bonds. The molecule has 2 N–H and O–H groups in total. The SMILES string of the molecule is C=CCc1c(-c2ccc(OC(F)F)c(OC3CC3)c2)[nH]c2cn[nH]c(=O)c12. The topological polar surface area (TPSA) is 80.0 Å². The molecule has 27 heavy (non-hydrogen) atoms. The number of fused-ring (bicyclic) bond motifs is 1. The number of allylic oxidation sites excluding steroid dienone is 1. The lowest BCUT2D eigenvalue weighted by atomic mass is 10.0. The number of ether oxygens (including phenoxy) is 2. The van der Waals surface area contributed by atoms with Crippen molar-refractivity contribution in [2.45, 2.75) is 32.0 Å². The van der Waals surface area contributed by atoms with Crippen molar-refractivity contribution < 1.29 is 18.3 Å². The maximum absolute atomic E-state index is 12.7. The third-order valence-electron chi connectivity index (χ3n) is 4.33. The van der Waals surface area contributed by atoms with E-state index >= 15 is 0 Å². The van der Waals surface area contributed by atoms with Gasteiger partial charge in [-0.1, -0.05) is 6.08 Å². The Morgan fingerprint density at radius 3 is 2.85 bits per heavy atom. The van der Waals surface area contributed by atoms with Gasteiger partial charge in [0.1, 0.15) is 0 Å². The number of nitrogens with one attached hydrogen (secondary N) is 2. The molecule has 1 aliphatic carbocycles. The van der Waals surface area contributed by atoms with Gasteiger partial charge in [-0.05, 0) is 43.0 Å². The van der Waals surface area contributed by atoms with Gasteiger partial charge in [0.15, 0.2) is 11.5 Å². The normalized spacial score (nSPS) is 13.9. The van der Waals surface area contributed by atoms with Gasteiger partial charge in [0.05, 0.1) is 28.9 Å². The number of hydrogen-bond acceptors (Lipinski definition) is 4. The van der Waals surface area contributed by atoms with Gasteiger partial charge in [0, 0.05) is 5.56 Å². The summed E-state index contributed by atoms with van der Waals surface area (Å²) in [5, 5.41) is 6.73. The molecule has 1 fully saturated rings. The van der Waals surface area contributed by atoms with Crippen LogP contribution in [-0.2, 0) is 6.42 Å². The summed E-state index contributed by atoms with van der Waals surface area (Å²) in [4.78, 5) is 15.4. The first-order valence-corrected chi connectivity index (χ1v) is 8.52. The number of hydrogen-bond donors (Lipinski definition) is 2. The first-order valence-electron chi connectivity index (χ1n) is 8.52. The van der Waals surface area contributed by atoms with Crippen molar-refractivity contribution in [3.8, 4) is 22.8 Å². The van der Waals surface area contributed by atoms with Crippen LogP contribution in [0.3, 0.4) is 0 Å². The monoisotopic (exact) mass is 373 g/mol. The molecule has 3 aromatic rings. The first kappa shape index (κ1) is 17.3. The van der Waals surface area contributed by atoms with Crippen molar-refractivity contribution in [3.05, 3.63) is 53.0 Å². The predicted octanol–water partition coefficient (Wildman–Crippen LogP) is 3.79. The van der Waals surface area contributed by atoms with E-state index in [1.54, 1.807) is 18.2 Å². The van der Waals surface area contributed by atoms with Gasteiger partial charge >= 0.3 is 6.61 Å². The zero-order chi connectivity index (χ0) is 19.0. The van der Waals surface area contributed by atoms with E-state index in [4.69, 9.17) is 4.74 Å². The zero-order valence-electron chi connectivity index (χ0n) is 14.3. The lowest BCUT2D eigenvalue weighted by Gasteiger charge is -2.13. The minimum Gasteiger partial charge on any atom is -0.487 e. The lowest BCUT2D eigenvalue weighted by molar-refractivity contribution is -0.0516. The minimum atomic E-state index is -2.94. The molecule has 0 saturated heterocycles. The molecule has 140 valence electrons. The molecule has 6 nitrogen and oxygen atoms in total. The summed E-state index contributed by atoms with van der Waals surface area (Å²) in [7, 11) is 0. The molecule has 2 aromatic heterocycles. The largest absolute Gasteiger partial charge is 0.487 e. The Balaban J connectivity index is 1.85. The second kappa shape index (κ2) is 6.86. The van der Waals surface area contributed by atoms with Crippen LogP contribution in [0.15, 0.2) is 41.8 Å². The van der Waals surface area contributed by atoms with Crippen LogP contribution in [0.1, 0.15) is 18.4 Å². The Labute approximate surface area is 152 Å². The average molecular weight is 373 g/mol. The molecule has 2 heterocycles. The quantitative estimate of drug-likeness (QED) is 0.618. The van der Waals surface area contributed by atoms with Crippen molar-refractivity contribution >= 4 is 10.9 Å². The highest BCUT2D eigenvalue weighted by atomic mass is 19.3. The summed E-state index contributed by atoms with van der Waals surface area (Å²) in [5.74, 6) is 0.243. The Morgan fingerprint density at radius 2 is 2.15 bits per heavy atom. The minimum absolute atomic E-state index is 0.0125. The summed E-state index contributed by atoms with van der Waals surface area (Å²) in [6, 6.07) is 4.75. The average Bonchev–Trinajstić information content (AvgIpc) is 3.36. The van der Waals surface area contributed by atoms with Crippen LogP contribution in [0, 0.1) is 0 Å². The number of aromatic nitrogens is 3. The van der Waals surface area contributed by atoms with E-state index in [9.17, 15) is 13.6 Å². The molecule has 1 saturated carbocycles. The fourth-order valence-corrected chi connectivity index (χ4v) is 3.04. The fraction of sp³-hybridized carbons (Fsp3) is 0.263. The van der Waals surface area contributed by atoms with E-state index in [0.29, 0.717) is 28.6 Å². The molecular weight excluding hydrogens is 356 g/mol. The van der Waals surface area contributed by atoms with Crippen molar-refractivity contribution in [1.82, 2.24) is 15.2 Å². The van der Waals surface area contributed by atoms with Crippen LogP contribution in [-0.4, -0.2) is 27.9 Å². The van der Waals surface area contributed by atoms with E-state index in [1.165, 1.54) is 12.3 Å². The molecule has 0 spiro atoms. The second-order valence-electron chi connectivity index (χ2n) is 6.32. The predicted molar refractivity (Wildman–Crippen MR) is 96.3 cm³/mol. The number of nitrogens with zero attached hydrogens (tertiary/aromatic N) is 1. The fourth-order valence-electron chi connectivity index (χ4n) is 3.04. The molecule has 4 rings (SSSR count). The van der Waals surface area contributed by atoms with Crippen molar-refractivity contribution in [2.75, 3.05) is 0 Å². The third kappa shape index (κ3) is 3.42. The van der Waals surface area contributed by atoms with Crippen LogP contribution in [0.2, 0.25) is 0 Å². The van der Waals surface area contributed by atoms with E-state index < -0.39 is 6.61 Å². The molecule has 1 aromatic carbocycles. The van der Waals surface area contributed by atoms with E-state index in [1.807, 2.05) is 0 Å². The zero-order valence-corrected chi connectivity index (χ0v) is 14.3. The Morgan fingerprint density at radius 1 is 1.33 bits per heavy atom. The first-order chi connectivity index (χ1) is 13.1. The van der Waals surface area contributed by atoms with Crippen molar-refractivity contribution in [3.63, 3.8) is 0 Å². The Kier molecular flexibility index (Phi) is 4.39.